The van der Waals surface area contributed by atoms with Crippen LogP contribution in [-0.2, 0) is 12.8 Å². The summed E-state index contributed by atoms with van der Waals surface area (Å²) in [6, 6.07) is 6.77. The largest absolute Gasteiger partial charge is 0.313 e. The third-order valence-corrected chi connectivity index (χ3v) is 3.17. The molecule has 2 rings (SSSR count). The molecule has 0 saturated heterocycles. The van der Waals surface area contributed by atoms with Gasteiger partial charge in [0, 0.05) is 0 Å². The summed E-state index contributed by atoms with van der Waals surface area (Å²) in [7, 11) is 0. The number of hydrogen-bond donors (Lipinski definition) is 1. The Morgan fingerprint density at radius 3 is 2.64 bits per heavy atom. The molecule has 1 unspecified atom stereocenters. The van der Waals surface area contributed by atoms with Crippen molar-refractivity contribution in [2.45, 2.75) is 32.6 Å². The molecule has 0 aliphatic heterocycles. The van der Waals surface area contributed by atoms with Crippen LogP contribution in [0.4, 0.5) is 0 Å². The van der Waals surface area contributed by atoms with Crippen molar-refractivity contribution in [1.82, 2.24) is 0 Å². The number of benzene rings is 1. The summed E-state index contributed by atoms with van der Waals surface area (Å²) in [6.45, 7) is 2.15. The Morgan fingerprint density at radius 1 is 1.21 bits per heavy atom. The van der Waals surface area contributed by atoms with Gasteiger partial charge in [-0.05, 0) is 55.9 Å². The highest BCUT2D eigenvalue weighted by Gasteiger charge is 2.13. The van der Waals surface area contributed by atoms with E-state index in [1.807, 2.05) is 0 Å². The molecule has 0 saturated carbocycles. The Kier molecular flexibility index (Phi) is 2.67. The van der Waals surface area contributed by atoms with Crippen LogP contribution in [0.25, 0.3) is 0 Å². The van der Waals surface area contributed by atoms with Crippen LogP contribution in [0, 0.1) is 18.3 Å². The highest BCUT2D eigenvalue weighted by molar-refractivity contribution is 5.57. The van der Waals surface area contributed by atoms with E-state index in [9.17, 15) is 0 Å². The summed E-state index contributed by atoms with van der Waals surface area (Å²) < 4.78 is 0. The summed E-state index contributed by atoms with van der Waals surface area (Å²) in [5.41, 5.74) is 4.37. The van der Waals surface area contributed by atoms with Gasteiger partial charge in [-0.15, -0.1) is 0 Å². The van der Waals surface area contributed by atoms with E-state index in [2.05, 4.69) is 25.1 Å². The maximum Gasteiger partial charge on any atom is -0.00165 e. The maximum atomic E-state index is 7.32. The predicted molar refractivity (Wildman–Crippen MR) is 60.1 cm³/mol. The van der Waals surface area contributed by atoms with Gasteiger partial charge in [-0.1, -0.05) is 23.8 Å². The summed E-state index contributed by atoms with van der Waals surface area (Å²) >= 11 is 0. The molecule has 0 radical (unpaired) electrons. The fourth-order valence-electron chi connectivity index (χ4n) is 2.22. The van der Waals surface area contributed by atoms with Gasteiger partial charge in [-0.2, -0.15) is 0 Å². The molecule has 14 heavy (non-hydrogen) atoms. The first-order chi connectivity index (χ1) is 6.79. The first-order valence-electron chi connectivity index (χ1n) is 5.38. The van der Waals surface area contributed by atoms with E-state index in [1.165, 1.54) is 16.7 Å². The SMILES string of the molecule is Cc1ccc2c(c1)CCC(C=N)CC2. The fourth-order valence-corrected chi connectivity index (χ4v) is 2.22. The van der Waals surface area contributed by atoms with Crippen LogP contribution in [-0.4, -0.2) is 6.21 Å². The van der Waals surface area contributed by atoms with Crippen molar-refractivity contribution in [3.05, 3.63) is 34.9 Å². The average molecular weight is 187 g/mol. The van der Waals surface area contributed by atoms with Gasteiger partial charge in [-0.3, -0.25) is 0 Å². The molecule has 0 heterocycles. The van der Waals surface area contributed by atoms with Gasteiger partial charge in [0.05, 0.1) is 0 Å². The van der Waals surface area contributed by atoms with Crippen LogP contribution in [0.1, 0.15) is 29.5 Å². The maximum absolute atomic E-state index is 7.32. The second-order valence-corrected chi connectivity index (χ2v) is 4.28. The molecule has 1 N–H and O–H groups in total. The lowest BCUT2D eigenvalue weighted by Crippen LogP contribution is -2.00. The van der Waals surface area contributed by atoms with Crippen LogP contribution in [0.15, 0.2) is 18.2 Å². The predicted octanol–water partition coefficient (Wildman–Crippen LogP) is 3.14. The molecule has 1 aliphatic carbocycles. The van der Waals surface area contributed by atoms with Crippen LogP contribution in [0.5, 0.6) is 0 Å². The molecule has 0 aromatic heterocycles. The van der Waals surface area contributed by atoms with Crippen LogP contribution < -0.4 is 0 Å². The minimum Gasteiger partial charge on any atom is -0.313 e. The lowest BCUT2D eigenvalue weighted by molar-refractivity contribution is 0.607. The van der Waals surface area contributed by atoms with Crippen molar-refractivity contribution in [2.24, 2.45) is 5.92 Å². The number of fused-ring (bicyclic) bond motifs is 1. The van der Waals surface area contributed by atoms with Crippen molar-refractivity contribution in [2.75, 3.05) is 0 Å². The van der Waals surface area contributed by atoms with Gasteiger partial charge in [0.2, 0.25) is 0 Å². The lowest BCUT2D eigenvalue weighted by Gasteiger charge is -2.05. The second-order valence-electron chi connectivity index (χ2n) is 4.28. The molecule has 0 spiro atoms. The van der Waals surface area contributed by atoms with E-state index >= 15 is 0 Å². The average Bonchev–Trinajstić information content (AvgIpc) is 2.39. The minimum atomic E-state index is 0.503. The third kappa shape index (κ3) is 1.87. The van der Waals surface area contributed by atoms with E-state index in [0.29, 0.717) is 5.92 Å². The summed E-state index contributed by atoms with van der Waals surface area (Å²) in [6.07, 6.45) is 6.23. The van der Waals surface area contributed by atoms with Crippen molar-refractivity contribution in [3.63, 3.8) is 0 Å². The number of nitrogens with one attached hydrogen (secondary N) is 1. The van der Waals surface area contributed by atoms with Crippen LogP contribution in [0.3, 0.4) is 0 Å². The molecular weight excluding hydrogens is 170 g/mol. The highest BCUT2D eigenvalue weighted by atomic mass is 14.4. The third-order valence-electron chi connectivity index (χ3n) is 3.17. The van der Waals surface area contributed by atoms with Crippen molar-refractivity contribution >= 4 is 6.21 Å². The first kappa shape index (κ1) is 9.45. The van der Waals surface area contributed by atoms with Gasteiger partial charge < -0.3 is 5.41 Å². The fraction of sp³-hybridized carbons (Fsp3) is 0.462. The molecule has 1 heteroatoms. The minimum absolute atomic E-state index is 0.503. The van der Waals surface area contributed by atoms with Crippen molar-refractivity contribution in [3.8, 4) is 0 Å². The topological polar surface area (TPSA) is 23.9 Å². The van der Waals surface area contributed by atoms with E-state index in [-0.39, 0.29) is 0 Å². The molecule has 1 nitrogen and oxygen atoms in total. The van der Waals surface area contributed by atoms with Gasteiger partial charge in [0.15, 0.2) is 0 Å². The first-order valence-corrected chi connectivity index (χ1v) is 5.38. The van der Waals surface area contributed by atoms with E-state index < -0.39 is 0 Å². The monoisotopic (exact) mass is 187 g/mol. The van der Waals surface area contributed by atoms with Gasteiger partial charge in [0.1, 0.15) is 0 Å². The molecule has 1 aromatic rings. The lowest BCUT2D eigenvalue weighted by atomic mass is 10.0. The Labute approximate surface area is 85.7 Å². The highest BCUT2D eigenvalue weighted by Crippen LogP contribution is 2.24. The molecule has 74 valence electrons. The van der Waals surface area contributed by atoms with Gasteiger partial charge >= 0.3 is 0 Å². The molecule has 0 amide bonds. The van der Waals surface area contributed by atoms with Gasteiger partial charge in [-0.25, -0.2) is 0 Å². The zero-order valence-corrected chi connectivity index (χ0v) is 8.72. The molecule has 0 fully saturated rings. The van der Waals surface area contributed by atoms with E-state index in [0.717, 1.165) is 25.7 Å². The van der Waals surface area contributed by atoms with E-state index in [4.69, 9.17) is 5.41 Å². The number of aryl methyl sites for hydroxylation is 3. The summed E-state index contributed by atoms with van der Waals surface area (Å²) in [5, 5.41) is 7.32. The molecular formula is C13H17N. The standard InChI is InChI=1S/C13H17N/c1-10-2-5-12-6-3-11(9-14)4-7-13(12)8-10/h2,5,8-9,11,14H,3-4,6-7H2,1H3. The summed E-state index contributed by atoms with van der Waals surface area (Å²) in [5.74, 6) is 0.503. The molecule has 1 aliphatic rings. The Balaban J connectivity index is 2.25. The van der Waals surface area contributed by atoms with E-state index in [1.54, 1.807) is 6.21 Å². The van der Waals surface area contributed by atoms with Crippen LogP contribution in [0.2, 0.25) is 0 Å². The Morgan fingerprint density at radius 2 is 1.93 bits per heavy atom. The Bertz CT molecular complexity index is 341. The zero-order valence-electron chi connectivity index (χ0n) is 8.72. The normalized spacial score (nSPS) is 21.1. The van der Waals surface area contributed by atoms with Gasteiger partial charge in [0.25, 0.3) is 0 Å². The zero-order chi connectivity index (χ0) is 9.97. The molecule has 1 atom stereocenters. The molecule has 1 aromatic carbocycles. The van der Waals surface area contributed by atoms with Crippen LogP contribution >= 0.6 is 0 Å². The number of rotatable bonds is 1. The van der Waals surface area contributed by atoms with Crippen molar-refractivity contribution < 1.29 is 0 Å². The second kappa shape index (κ2) is 3.95. The quantitative estimate of drug-likeness (QED) is 0.516. The Hall–Kier alpha value is -1.11. The summed E-state index contributed by atoms with van der Waals surface area (Å²) in [4.78, 5) is 0. The number of hydrogen-bond acceptors (Lipinski definition) is 1. The van der Waals surface area contributed by atoms with Crippen molar-refractivity contribution in [1.29, 1.82) is 5.41 Å². The smallest absolute Gasteiger partial charge is 0.00165 e. The molecule has 0 bridgehead atoms.